The van der Waals surface area contributed by atoms with Crippen molar-refractivity contribution in [3.8, 4) is 5.75 Å². The van der Waals surface area contributed by atoms with E-state index in [1.165, 1.54) is 5.56 Å². The first-order valence-corrected chi connectivity index (χ1v) is 8.95. The first kappa shape index (κ1) is 18.3. The quantitative estimate of drug-likeness (QED) is 0.857. The van der Waals surface area contributed by atoms with Gasteiger partial charge in [0.2, 0.25) is 0 Å². The van der Waals surface area contributed by atoms with Crippen molar-refractivity contribution in [3.05, 3.63) is 59.7 Å². The van der Waals surface area contributed by atoms with Gasteiger partial charge in [0.25, 0.3) is 0 Å². The number of amides is 2. The highest BCUT2D eigenvalue weighted by Crippen LogP contribution is 2.35. The van der Waals surface area contributed by atoms with Crippen LogP contribution in [0, 0.1) is 6.92 Å². The molecular weight excluding hydrogens is 328 g/mol. The molecule has 0 aliphatic carbocycles. The van der Waals surface area contributed by atoms with Crippen molar-refractivity contribution in [2.45, 2.75) is 25.2 Å². The maximum Gasteiger partial charge on any atom is 0.319 e. The molecule has 1 aliphatic rings. The van der Waals surface area contributed by atoms with E-state index in [4.69, 9.17) is 9.47 Å². The van der Waals surface area contributed by atoms with Crippen LogP contribution in [0.4, 0.5) is 10.5 Å². The highest BCUT2D eigenvalue weighted by atomic mass is 16.5. The maximum atomic E-state index is 12.3. The van der Waals surface area contributed by atoms with Gasteiger partial charge in [-0.2, -0.15) is 0 Å². The minimum atomic E-state index is -0.187. The highest BCUT2D eigenvalue weighted by Gasteiger charge is 2.34. The van der Waals surface area contributed by atoms with Crippen molar-refractivity contribution in [2.24, 2.45) is 0 Å². The molecule has 1 aliphatic heterocycles. The lowest BCUT2D eigenvalue weighted by Gasteiger charge is -2.38. The Morgan fingerprint density at radius 2 is 1.73 bits per heavy atom. The van der Waals surface area contributed by atoms with Crippen molar-refractivity contribution >= 4 is 11.7 Å². The summed E-state index contributed by atoms with van der Waals surface area (Å²) in [6.07, 6.45) is 1.76. The fourth-order valence-corrected chi connectivity index (χ4v) is 3.34. The molecule has 0 saturated carbocycles. The van der Waals surface area contributed by atoms with E-state index in [9.17, 15) is 4.79 Å². The SMILES string of the molecule is COc1ccc(C2(CNC(=O)Nc3ccc(C)cc3)CCOCC2)cc1. The van der Waals surface area contributed by atoms with Gasteiger partial charge in [-0.05, 0) is 49.6 Å². The summed E-state index contributed by atoms with van der Waals surface area (Å²) in [5, 5.41) is 5.94. The minimum absolute atomic E-state index is 0.116. The zero-order chi connectivity index (χ0) is 18.4. The smallest absolute Gasteiger partial charge is 0.319 e. The molecule has 26 heavy (non-hydrogen) atoms. The van der Waals surface area contributed by atoms with E-state index in [2.05, 4.69) is 22.8 Å². The van der Waals surface area contributed by atoms with E-state index in [1.54, 1.807) is 7.11 Å². The van der Waals surface area contributed by atoms with Gasteiger partial charge in [0.15, 0.2) is 0 Å². The van der Waals surface area contributed by atoms with Gasteiger partial charge in [-0.3, -0.25) is 0 Å². The molecule has 5 heteroatoms. The number of rotatable bonds is 5. The number of carbonyl (C=O) groups is 1. The van der Waals surface area contributed by atoms with E-state index in [0.29, 0.717) is 19.8 Å². The Morgan fingerprint density at radius 1 is 1.08 bits per heavy atom. The average molecular weight is 354 g/mol. The van der Waals surface area contributed by atoms with Gasteiger partial charge in [0.1, 0.15) is 5.75 Å². The number of methoxy groups -OCH3 is 1. The van der Waals surface area contributed by atoms with Crippen LogP contribution >= 0.6 is 0 Å². The second kappa shape index (κ2) is 8.23. The predicted octanol–water partition coefficient (Wildman–Crippen LogP) is 3.87. The van der Waals surface area contributed by atoms with Crippen LogP contribution in [-0.4, -0.2) is 32.9 Å². The summed E-state index contributed by atoms with van der Waals surface area (Å²) in [7, 11) is 1.66. The third-order valence-electron chi connectivity index (χ3n) is 5.05. The fourth-order valence-electron chi connectivity index (χ4n) is 3.34. The van der Waals surface area contributed by atoms with Crippen molar-refractivity contribution < 1.29 is 14.3 Å². The van der Waals surface area contributed by atoms with Gasteiger partial charge in [-0.25, -0.2) is 4.79 Å². The van der Waals surface area contributed by atoms with Gasteiger partial charge in [0.05, 0.1) is 7.11 Å². The van der Waals surface area contributed by atoms with Crippen molar-refractivity contribution in [3.63, 3.8) is 0 Å². The summed E-state index contributed by atoms with van der Waals surface area (Å²) in [5.74, 6) is 0.834. The van der Waals surface area contributed by atoms with Gasteiger partial charge in [0, 0.05) is 30.9 Å². The molecular formula is C21H26N2O3. The lowest BCUT2D eigenvalue weighted by molar-refractivity contribution is 0.0508. The standard InChI is InChI=1S/C21H26N2O3/c1-16-3-7-18(8-4-16)23-20(24)22-15-21(11-13-26-14-12-21)17-5-9-19(25-2)10-6-17/h3-10H,11-15H2,1-2H3,(H2,22,23,24). The van der Waals surface area contributed by atoms with Crippen LogP contribution in [0.2, 0.25) is 0 Å². The van der Waals surface area contributed by atoms with E-state index in [1.807, 2.05) is 43.3 Å². The fraction of sp³-hybridized carbons (Fsp3) is 0.381. The van der Waals surface area contributed by atoms with Gasteiger partial charge >= 0.3 is 6.03 Å². The van der Waals surface area contributed by atoms with Gasteiger partial charge in [-0.1, -0.05) is 29.8 Å². The van der Waals surface area contributed by atoms with Crippen LogP contribution in [0.15, 0.2) is 48.5 Å². The molecule has 0 bridgehead atoms. The number of aryl methyl sites for hydroxylation is 1. The Morgan fingerprint density at radius 3 is 2.35 bits per heavy atom. The topological polar surface area (TPSA) is 59.6 Å². The Bertz CT molecular complexity index is 720. The number of ether oxygens (including phenoxy) is 2. The first-order chi connectivity index (χ1) is 12.6. The summed E-state index contributed by atoms with van der Waals surface area (Å²) in [6.45, 7) is 3.99. The number of hydrogen-bond acceptors (Lipinski definition) is 3. The Labute approximate surface area is 154 Å². The predicted molar refractivity (Wildman–Crippen MR) is 103 cm³/mol. The summed E-state index contributed by atoms with van der Waals surface area (Å²) in [4.78, 5) is 12.3. The lowest BCUT2D eigenvalue weighted by atomic mass is 9.74. The molecule has 1 fully saturated rings. The molecule has 0 radical (unpaired) electrons. The summed E-state index contributed by atoms with van der Waals surface area (Å²) in [6, 6.07) is 15.7. The van der Waals surface area contributed by atoms with Crippen LogP contribution in [0.3, 0.4) is 0 Å². The number of hydrogen-bond donors (Lipinski definition) is 2. The van der Waals surface area contributed by atoms with Gasteiger partial charge < -0.3 is 20.1 Å². The van der Waals surface area contributed by atoms with E-state index >= 15 is 0 Å². The molecule has 138 valence electrons. The Hall–Kier alpha value is -2.53. The molecule has 1 heterocycles. The summed E-state index contributed by atoms with van der Waals surface area (Å²) >= 11 is 0. The molecule has 5 nitrogen and oxygen atoms in total. The number of benzene rings is 2. The van der Waals surface area contributed by atoms with Crippen LogP contribution in [0.5, 0.6) is 5.75 Å². The zero-order valence-corrected chi connectivity index (χ0v) is 15.4. The molecule has 2 aromatic rings. The van der Waals surface area contributed by atoms with Crippen LogP contribution < -0.4 is 15.4 Å². The molecule has 0 spiro atoms. The summed E-state index contributed by atoms with van der Waals surface area (Å²) < 4.78 is 10.8. The molecule has 3 rings (SSSR count). The summed E-state index contributed by atoms with van der Waals surface area (Å²) in [5.41, 5.74) is 3.04. The minimum Gasteiger partial charge on any atom is -0.497 e. The zero-order valence-electron chi connectivity index (χ0n) is 15.4. The van der Waals surface area contributed by atoms with Crippen molar-refractivity contribution in [1.82, 2.24) is 5.32 Å². The Balaban J connectivity index is 1.67. The van der Waals surface area contributed by atoms with E-state index < -0.39 is 0 Å². The number of urea groups is 1. The third-order valence-corrected chi connectivity index (χ3v) is 5.05. The molecule has 0 aromatic heterocycles. The monoisotopic (exact) mass is 354 g/mol. The van der Waals surface area contributed by atoms with Crippen molar-refractivity contribution in [1.29, 1.82) is 0 Å². The second-order valence-electron chi connectivity index (χ2n) is 6.79. The molecule has 0 unspecified atom stereocenters. The molecule has 2 aromatic carbocycles. The highest BCUT2D eigenvalue weighted by molar-refractivity contribution is 5.89. The number of carbonyl (C=O) groups excluding carboxylic acids is 1. The number of anilines is 1. The molecule has 2 amide bonds. The first-order valence-electron chi connectivity index (χ1n) is 8.95. The maximum absolute atomic E-state index is 12.3. The number of nitrogens with one attached hydrogen (secondary N) is 2. The average Bonchev–Trinajstić information content (AvgIpc) is 2.69. The molecule has 0 atom stereocenters. The van der Waals surface area contributed by atoms with Crippen LogP contribution in [0.1, 0.15) is 24.0 Å². The van der Waals surface area contributed by atoms with E-state index in [-0.39, 0.29) is 11.4 Å². The third kappa shape index (κ3) is 4.35. The van der Waals surface area contributed by atoms with Crippen LogP contribution in [-0.2, 0) is 10.2 Å². The van der Waals surface area contributed by atoms with E-state index in [0.717, 1.165) is 29.8 Å². The normalized spacial score (nSPS) is 15.9. The molecule has 1 saturated heterocycles. The molecule has 2 N–H and O–H groups in total. The Kier molecular flexibility index (Phi) is 5.78. The van der Waals surface area contributed by atoms with Gasteiger partial charge in [-0.15, -0.1) is 0 Å². The van der Waals surface area contributed by atoms with Crippen LogP contribution in [0.25, 0.3) is 0 Å². The lowest BCUT2D eigenvalue weighted by Crippen LogP contribution is -2.45. The second-order valence-corrected chi connectivity index (χ2v) is 6.79. The largest absolute Gasteiger partial charge is 0.497 e. The van der Waals surface area contributed by atoms with Crippen molar-refractivity contribution in [2.75, 3.05) is 32.2 Å².